The molecule has 4 nitrogen and oxygen atoms in total. The van der Waals surface area contributed by atoms with Gasteiger partial charge in [0.15, 0.2) is 5.96 Å². The first-order valence-corrected chi connectivity index (χ1v) is 8.30. The third kappa shape index (κ3) is 4.02. The van der Waals surface area contributed by atoms with Crippen molar-refractivity contribution in [3.8, 4) is 0 Å². The first-order valence-electron chi connectivity index (χ1n) is 8.30. The molecule has 0 radical (unpaired) electrons. The van der Waals surface area contributed by atoms with Gasteiger partial charge in [-0.2, -0.15) is 0 Å². The second-order valence-corrected chi connectivity index (χ2v) is 6.67. The van der Waals surface area contributed by atoms with Crippen LogP contribution in [0.25, 0.3) is 0 Å². The lowest BCUT2D eigenvalue weighted by Gasteiger charge is -2.24. The Kier molecular flexibility index (Phi) is 4.51. The molecule has 1 aliphatic carbocycles. The summed E-state index contributed by atoms with van der Waals surface area (Å²) >= 11 is 0. The summed E-state index contributed by atoms with van der Waals surface area (Å²) in [5.74, 6) is 3.99. The maximum Gasteiger partial charge on any atom is 0.194 e. The summed E-state index contributed by atoms with van der Waals surface area (Å²) in [6.45, 7) is 7.48. The molecule has 0 bridgehead atoms. The van der Waals surface area contributed by atoms with Crippen LogP contribution in [-0.4, -0.2) is 36.5 Å². The summed E-state index contributed by atoms with van der Waals surface area (Å²) in [5, 5.41) is 3.53. The molecule has 1 aromatic heterocycles. The van der Waals surface area contributed by atoms with E-state index in [4.69, 9.17) is 9.41 Å². The monoisotopic (exact) mass is 289 g/mol. The van der Waals surface area contributed by atoms with Crippen molar-refractivity contribution < 1.29 is 4.42 Å². The molecule has 2 aliphatic rings. The lowest BCUT2D eigenvalue weighted by Crippen LogP contribution is -2.43. The quantitative estimate of drug-likeness (QED) is 0.669. The maximum atomic E-state index is 5.38. The fraction of sp³-hybridized carbons (Fsp3) is 0.706. The molecule has 1 saturated carbocycles. The third-order valence-corrected chi connectivity index (χ3v) is 4.43. The maximum absolute atomic E-state index is 5.38. The molecule has 1 atom stereocenters. The molecule has 0 amide bonds. The highest BCUT2D eigenvalue weighted by Gasteiger charge is 2.36. The number of nitrogens with zero attached hydrogens (tertiary/aromatic N) is 2. The van der Waals surface area contributed by atoms with E-state index in [1.807, 2.05) is 12.1 Å². The van der Waals surface area contributed by atoms with E-state index in [0.717, 1.165) is 43.1 Å². The minimum Gasteiger partial charge on any atom is -0.469 e. The molecular weight excluding hydrogens is 262 g/mol. The molecule has 1 unspecified atom stereocenters. The van der Waals surface area contributed by atoms with Gasteiger partial charge in [-0.1, -0.05) is 0 Å². The number of likely N-dealkylation sites (tertiary alicyclic amines) is 1. The van der Waals surface area contributed by atoms with Crippen LogP contribution in [0, 0.1) is 11.8 Å². The smallest absolute Gasteiger partial charge is 0.194 e. The number of nitrogens with one attached hydrogen (secondary N) is 1. The molecular formula is C17H27N3O. The van der Waals surface area contributed by atoms with E-state index < -0.39 is 0 Å². The van der Waals surface area contributed by atoms with Crippen molar-refractivity contribution in [3.63, 3.8) is 0 Å². The standard InChI is InChI=1S/C17H27N3O/c1-13(2)19-17(18-9-7-16-4-3-11-21-16)20-10-8-15(12-20)14-5-6-14/h3-4,11,13-15H,5-10,12H2,1-2H3,(H,18,19). The van der Waals surface area contributed by atoms with E-state index in [9.17, 15) is 0 Å². The molecule has 1 aliphatic heterocycles. The van der Waals surface area contributed by atoms with Gasteiger partial charge in [-0.15, -0.1) is 0 Å². The summed E-state index contributed by atoms with van der Waals surface area (Å²) in [7, 11) is 0. The average molecular weight is 289 g/mol. The molecule has 116 valence electrons. The van der Waals surface area contributed by atoms with Gasteiger partial charge in [0.25, 0.3) is 0 Å². The zero-order valence-electron chi connectivity index (χ0n) is 13.2. The van der Waals surface area contributed by atoms with Crippen LogP contribution in [-0.2, 0) is 6.42 Å². The zero-order chi connectivity index (χ0) is 14.7. The second-order valence-electron chi connectivity index (χ2n) is 6.67. The second kappa shape index (κ2) is 6.54. The topological polar surface area (TPSA) is 40.8 Å². The van der Waals surface area contributed by atoms with E-state index in [2.05, 4.69) is 24.1 Å². The van der Waals surface area contributed by atoms with Crippen LogP contribution in [0.2, 0.25) is 0 Å². The fourth-order valence-corrected chi connectivity index (χ4v) is 3.15. The normalized spacial score (nSPS) is 23.1. The Morgan fingerprint density at radius 3 is 2.90 bits per heavy atom. The summed E-state index contributed by atoms with van der Waals surface area (Å²) in [5.41, 5.74) is 0. The number of rotatable bonds is 5. The summed E-state index contributed by atoms with van der Waals surface area (Å²) < 4.78 is 5.38. The van der Waals surface area contributed by atoms with Gasteiger partial charge in [-0.3, -0.25) is 4.99 Å². The van der Waals surface area contributed by atoms with Gasteiger partial charge in [0, 0.05) is 32.1 Å². The van der Waals surface area contributed by atoms with Crippen molar-refractivity contribution >= 4 is 5.96 Å². The molecule has 4 heteroatoms. The van der Waals surface area contributed by atoms with Crippen molar-refractivity contribution in [1.82, 2.24) is 10.2 Å². The van der Waals surface area contributed by atoms with Crippen LogP contribution in [0.3, 0.4) is 0 Å². The van der Waals surface area contributed by atoms with Gasteiger partial charge in [0.1, 0.15) is 5.76 Å². The Balaban J connectivity index is 1.57. The van der Waals surface area contributed by atoms with E-state index in [1.165, 1.54) is 25.8 Å². The van der Waals surface area contributed by atoms with Gasteiger partial charge in [0.05, 0.1) is 6.26 Å². The van der Waals surface area contributed by atoms with Crippen LogP contribution in [0.5, 0.6) is 0 Å². The number of furan rings is 1. The number of aliphatic imine (C=N–C) groups is 1. The summed E-state index contributed by atoms with van der Waals surface area (Å²) in [4.78, 5) is 7.26. The molecule has 0 spiro atoms. The Labute approximate surface area is 127 Å². The minimum atomic E-state index is 0.423. The van der Waals surface area contributed by atoms with Crippen molar-refractivity contribution in [2.24, 2.45) is 16.8 Å². The van der Waals surface area contributed by atoms with Gasteiger partial charge in [-0.25, -0.2) is 0 Å². The zero-order valence-corrected chi connectivity index (χ0v) is 13.2. The summed E-state index contributed by atoms with van der Waals surface area (Å²) in [6.07, 6.45) is 6.83. The van der Waals surface area contributed by atoms with Gasteiger partial charge >= 0.3 is 0 Å². The third-order valence-electron chi connectivity index (χ3n) is 4.43. The lowest BCUT2D eigenvalue weighted by molar-refractivity contribution is 0.430. The Morgan fingerprint density at radius 2 is 2.24 bits per heavy atom. The van der Waals surface area contributed by atoms with Crippen LogP contribution >= 0.6 is 0 Å². The van der Waals surface area contributed by atoms with Crippen molar-refractivity contribution in [2.75, 3.05) is 19.6 Å². The molecule has 2 fully saturated rings. The van der Waals surface area contributed by atoms with Crippen molar-refractivity contribution in [1.29, 1.82) is 0 Å². The van der Waals surface area contributed by atoms with E-state index in [1.54, 1.807) is 6.26 Å². The van der Waals surface area contributed by atoms with Gasteiger partial charge < -0.3 is 14.6 Å². The van der Waals surface area contributed by atoms with E-state index in [0.29, 0.717) is 6.04 Å². The van der Waals surface area contributed by atoms with Crippen molar-refractivity contribution in [2.45, 2.75) is 45.6 Å². The van der Waals surface area contributed by atoms with Gasteiger partial charge in [-0.05, 0) is 57.1 Å². The predicted molar refractivity (Wildman–Crippen MR) is 85.4 cm³/mol. The van der Waals surface area contributed by atoms with Crippen LogP contribution < -0.4 is 5.32 Å². The molecule has 1 N–H and O–H groups in total. The SMILES string of the molecule is CC(C)NC(=NCCc1ccco1)N1CCC(C2CC2)C1. The number of hydrogen-bond acceptors (Lipinski definition) is 2. The molecule has 0 aromatic carbocycles. The van der Waals surface area contributed by atoms with Crippen molar-refractivity contribution in [3.05, 3.63) is 24.2 Å². The van der Waals surface area contributed by atoms with E-state index in [-0.39, 0.29) is 0 Å². The highest BCUT2D eigenvalue weighted by molar-refractivity contribution is 5.80. The molecule has 1 saturated heterocycles. The van der Waals surface area contributed by atoms with Crippen LogP contribution in [0.1, 0.15) is 38.9 Å². The fourth-order valence-electron chi connectivity index (χ4n) is 3.15. The highest BCUT2D eigenvalue weighted by Crippen LogP contribution is 2.41. The van der Waals surface area contributed by atoms with E-state index >= 15 is 0 Å². The highest BCUT2D eigenvalue weighted by atomic mass is 16.3. The molecule has 3 rings (SSSR count). The van der Waals surface area contributed by atoms with Crippen LogP contribution in [0.15, 0.2) is 27.8 Å². The first kappa shape index (κ1) is 14.5. The largest absolute Gasteiger partial charge is 0.469 e. The van der Waals surface area contributed by atoms with Crippen LogP contribution in [0.4, 0.5) is 0 Å². The average Bonchev–Trinajstić information content (AvgIpc) is 2.98. The molecule has 2 heterocycles. The lowest BCUT2D eigenvalue weighted by atomic mass is 10.0. The Morgan fingerprint density at radius 1 is 1.38 bits per heavy atom. The Hall–Kier alpha value is -1.45. The first-order chi connectivity index (χ1) is 10.2. The number of guanidine groups is 1. The molecule has 21 heavy (non-hydrogen) atoms. The molecule has 1 aromatic rings. The predicted octanol–water partition coefficient (Wildman–Crippen LogP) is 2.91. The number of hydrogen-bond donors (Lipinski definition) is 1. The minimum absolute atomic E-state index is 0.423. The summed E-state index contributed by atoms with van der Waals surface area (Å²) in [6, 6.07) is 4.38. The van der Waals surface area contributed by atoms with Gasteiger partial charge in [0.2, 0.25) is 0 Å². The Bertz CT molecular complexity index is 462.